The second-order valence-electron chi connectivity index (χ2n) is 7.65. The zero-order chi connectivity index (χ0) is 20.2. The highest BCUT2D eigenvalue weighted by Gasteiger charge is 2.37. The molecule has 0 aromatic heterocycles. The van der Waals surface area contributed by atoms with Crippen LogP contribution in [0.2, 0.25) is 0 Å². The van der Waals surface area contributed by atoms with Crippen molar-refractivity contribution in [2.45, 2.75) is 51.7 Å². The minimum atomic E-state index is -0.881. The molecule has 1 aromatic carbocycles. The van der Waals surface area contributed by atoms with Crippen molar-refractivity contribution in [3.05, 3.63) is 29.8 Å². The smallest absolute Gasteiger partial charge is 0.308 e. The first-order chi connectivity index (χ1) is 12.6. The van der Waals surface area contributed by atoms with Gasteiger partial charge in [0.2, 0.25) is 5.91 Å². The van der Waals surface area contributed by atoms with E-state index in [-0.39, 0.29) is 23.7 Å². The van der Waals surface area contributed by atoms with Crippen LogP contribution in [0.25, 0.3) is 0 Å². The Balaban J connectivity index is 2.08. The van der Waals surface area contributed by atoms with Gasteiger partial charge in [-0.25, -0.2) is 0 Å². The van der Waals surface area contributed by atoms with Gasteiger partial charge in [0.25, 0.3) is 5.91 Å². The lowest BCUT2D eigenvalue weighted by molar-refractivity contribution is -0.153. The third-order valence-corrected chi connectivity index (χ3v) is 4.58. The summed E-state index contributed by atoms with van der Waals surface area (Å²) in [5.41, 5.74) is 1.20. The minimum Gasteiger partial charge on any atom is -0.481 e. The molecule has 2 amide bonds. The number of carbonyl (C=O) groups is 3. The monoisotopic (exact) mass is 376 g/mol. The van der Waals surface area contributed by atoms with E-state index in [1.165, 1.54) is 17.6 Å². The third kappa shape index (κ3) is 5.21. The van der Waals surface area contributed by atoms with Gasteiger partial charge < -0.3 is 19.7 Å². The summed E-state index contributed by atoms with van der Waals surface area (Å²) in [5.74, 6) is -0.656. The molecule has 2 atom stereocenters. The van der Waals surface area contributed by atoms with Gasteiger partial charge in [-0.15, -0.1) is 0 Å². The molecule has 1 aliphatic heterocycles. The molecule has 2 rings (SSSR count). The Hall–Kier alpha value is -2.57. The fourth-order valence-corrected chi connectivity index (χ4v) is 2.94. The van der Waals surface area contributed by atoms with E-state index in [0.29, 0.717) is 18.8 Å². The number of nitrogens with one attached hydrogen (secondary N) is 1. The number of piperazine rings is 1. The molecule has 1 saturated heterocycles. The Bertz CT molecular complexity index is 693. The minimum absolute atomic E-state index is 0.0300. The summed E-state index contributed by atoms with van der Waals surface area (Å²) in [5, 5.41) is 2.67. The van der Waals surface area contributed by atoms with Crippen molar-refractivity contribution in [2.75, 3.05) is 20.2 Å². The van der Waals surface area contributed by atoms with Crippen molar-refractivity contribution in [1.29, 1.82) is 0 Å². The Morgan fingerprint density at radius 1 is 1.26 bits per heavy atom. The van der Waals surface area contributed by atoms with Crippen molar-refractivity contribution >= 4 is 17.8 Å². The van der Waals surface area contributed by atoms with E-state index in [0.717, 1.165) is 0 Å². The van der Waals surface area contributed by atoms with Crippen LogP contribution in [0.1, 0.15) is 39.7 Å². The highest BCUT2D eigenvalue weighted by Crippen LogP contribution is 2.25. The average molecular weight is 376 g/mol. The van der Waals surface area contributed by atoms with Crippen LogP contribution in [0.15, 0.2) is 24.3 Å². The molecule has 7 heteroatoms. The van der Waals surface area contributed by atoms with Gasteiger partial charge in [-0.2, -0.15) is 0 Å². The van der Waals surface area contributed by atoms with Crippen LogP contribution < -0.4 is 10.1 Å². The van der Waals surface area contributed by atoms with Crippen LogP contribution in [0.5, 0.6) is 5.75 Å². The van der Waals surface area contributed by atoms with Crippen LogP contribution in [0, 0.1) is 0 Å². The Labute approximate surface area is 160 Å². The van der Waals surface area contributed by atoms with Crippen LogP contribution in [-0.2, 0) is 24.5 Å². The number of nitrogens with zero attached hydrogens (tertiary/aromatic N) is 1. The van der Waals surface area contributed by atoms with E-state index in [1.54, 1.807) is 6.92 Å². The predicted molar refractivity (Wildman–Crippen MR) is 100 cm³/mol. The van der Waals surface area contributed by atoms with Gasteiger partial charge in [0.1, 0.15) is 11.8 Å². The first kappa shape index (κ1) is 20.7. The van der Waals surface area contributed by atoms with Crippen LogP contribution >= 0.6 is 0 Å². The maximum absolute atomic E-state index is 12.8. The molecular formula is C20H28N2O5. The third-order valence-electron chi connectivity index (χ3n) is 4.58. The van der Waals surface area contributed by atoms with Crippen molar-refractivity contribution in [3.63, 3.8) is 0 Å². The quantitative estimate of drug-likeness (QED) is 0.790. The summed E-state index contributed by atoms with van der Waals surface area (Å²) < 4.78 is 10.4. The molecule has 0 unspecified atom stereocenters. The fourth-order valence-electron chi connectivity index (χ4n) is 2.94. The van der Waals surface area contributed by atoms with Gasteiger partial charge in [0.05, 0.1) is 13.5 Å². The van der Waals surface area contributed by atoms with Crippen molar-refractivity contribution < 1.29 is 23.9 Å². The van der Waals surface area contributed by atoms with E-state index in [1.807, 2.05) is 24.3 Å². The highest BCUT2D eigenvalue weighted by molar-refractivity contribution is 5.93. The lowest BCUT2D eigenvalue weighted by Crippen LogP contribution is -2.60. The predicted octanol–water partition coefficient (Wildman–Crippen LogP) is 1.64. The molecular weight excluding hydrogens is 348 g/mol. The second kappa shape index (κ2) is 8.41. The Kier molecular flexibility index (Phi) is 6.46. The summed E-state index contributed by atoms with van der Waals surface area (Å²) in [6.45, 7) is 8.67. The van der Waals surface area contributed by atoms with Crippen LogP contribution in [0.4, 0.5) is 0 Å². The Morgan fingerprint density at radius 3 is 2.44 bits per heavy atom. The van der Waals surface area contributed by atoms with Crippen molar-refractivity contribution in [2.24, 2.45) is 0 Å². The van der Waals surface area contributed by atoms with Crippen LogP contribution in [-0.4, -0.2) is 55.0 Å². The summed E-state index contributed by atoms with van der Waals surface area (Å²) in [7, 11) is 1.25. The lowest BCUT2D eigenvalue weighted by atomic mass is 9.87. The molecule has 0 bridgehead atoms. The first-order valence-corrected chi connectivity index (χ1v) is 9.05. The zero-order valence-electron chi connectivity index (χ0n) is 16.6. The van der Waals surface area contributed by atoms with Gasteiger partial charge >= 0.3 is 5.97 Å². The number of ether oxygens (including phenoxy) is 2. The molecule has 148 valence electrons. The van der Waals surface area contributed by atoms with Crippen molar-refractivity contribution in [3.8, 4) is 5.75 Å². The number of esters is 1. The normalized spacial score (nSPS) is 18.5. The van der Waals surface area contributed by atoms with Gasteiger partial charge in [-0.3, -0.25) is 14.4 Å². The SMILES string of the molecule is COC(=O)C[C@H]1C(=O)NCCN1C(=O)[C@@H](C)Oc1ccc(C(C)(C)C)cc1. The Morgan fingerprint density at radius 2 is 1.89 bits per heavy atom. The lowest BCUT2D eigenvalue weighted by Gasteiger charge is -2.35. The van der Waals surface area contributed by atoms with Gasteiger partial charge in [0.15, 0.2) is 6.10 Å². The second-order valence-corrected chi connectivity index (χ2v) is 7.65. The number of methoxy groups -OCH3 is 1. The molecule has 0 aliphatic carbocycles. The summed E-state index contributed by atoms with van der Waals surface area (Å²) in [4.78, 5) is 37.9. The van der Waals surface area contributed by atoms with E-state index >= 15 is 0 Å². The molecule has 1 fully saturated rings. The van der Waals surface area contributed by atoms with E-state index in [4.69, 9.17) is 4.74 Å². The average Bonchev–Trinajstić information content (AvgIpc) is 2.62. The molecule has 7 nitrogen and oxygen atoms in total. The molecule has 1 N–H and O–H groups in total. The van der Waals surface area contributed by atoms with E-state index in [2.05, 4.69) is 30.8 Å². The van der Waals surface area contributed by atoms with Crippen LogP contribution in [0.3, 0.4) is 0 Å². The number of carbonyl (C=O) groups excluding carboxylic acids is 3. The molecule has 27 heavy (non-hydrogen) atoms. The standard InChI is InChI=1S/C20H28N2O5/c1-13(27-15-8-6-14(7-9-15)20(2,3)4)19(25)22-11-10-21-18(24)16(22)12-17(23)26-5/h6-9,13,16H,10-12H2,1-5H3,(H,21,24)/t13-,16+/m1/s1. The number of hydrogen-bond donors (Lipinski definition) is 1. The van der Waals surface area contributed by atoms with Gasteiger partial charge in [-0.05, 0) is 30.0 Å². The number of hydrogen-bond acceptors (Lipinski definition) is 5. The summed E-state index contributed by atoms with van der Waals surface area (Å²) in [6, 6.07) is 6.73. The first-order valence-electron chi connectivity index (χ1n) is 9.05. The summed E-state index contributed by atoms with van der Waals surface area (Å²) >= 11 is 0. The van der Waals surface area contributed by atoms with Crippen molar-refractivity contribution in [1.82, 2.24) is 10.2 Å². The summed E-state index contributed by atoms with van der Waals surface area (Å²) in [6.07, 6.45) is -0.960. The molecule has 0 spiro atoms. The highest BCUT2D eigenvalue weighted by atomic mass is 16.5. The molecule has 1 aromatic rings. The number of amides is 2. The molecule has 1 aliphatic rings. The molecule has 0 radical (unpaired) electrons. The molecule has 1 heterocycles. The van der Waals surface area contributed by atoms with Gasteiger partial charge in [-0.1, -0.05) is 32.9 Å². The number of benzene rings is 1. The maximum Gasteiger partial charge on any atom is 0.308 e. The topological polar surface area (TPSA) is 84.9 Å². The molecule has 0 saturated carbocycles. The van der Waals surface area contributed by atoms with E-state index < -0.39 is 18.1 Å². The zero-order valence-corrected chi connectivity index (χ0v) is 16.6. The van der Waals surface area contributed by atoms with E-state index in [9.17, 15) is 14.4 Å². The van der Waals surface area contributed by atoms with Gasteiger partial charge in [0, 0.05) is 13.1 Å². The fraction of sp³-hybridized carbons (Fsp3) is 0.550. The largest absolute Gasteiger partial charge is 0.481 e. The maximum atomic E-state index is 12.8. The number of rotatable bonds is 5.